The number of aromatic nitrogens is 1. The third kappa shape index (κ3) is 4.46. The molecule has 1 atom stereocenters. The maximum atomic E-state index is 11.9. The quantitative estimate of drug-likeness (QED) is 0.814. The van der Waals surface area contributed by atoms with Crippen LogP contribution in [0.5, 0.6) is 0 Å². The molecule has 0 aliphatic heterocycles. The fourth-order valence-electron chi connectivity index (χ4n) is 1.69. The lowest BCUT2D eigenvalue weighted by Gasteiger charge is -2.13. The number of nitrogens with one attached hydrogen (secondary N) is 2. The number of esters is 1. The van der Waals surface area contributed by atoms with Crippen molar-refractivity contribution in [1.29, 1.82) is 0 Å². The molecule has 0 fully saturated rings. The maximum Gasteiger partial charge on any atom is 0.355 e. The molecule has 0 aliphatic rings. The molecule has 0 bridgehead atoms. The highest BCUT2D eigenvalue weighted by Crippen LogP contribution is 2.12. The largest absolute Gasteiger partial charge is 0.448 e. The predicted octanol–water partition coefficient (Wildman–Crippen LogP) is 2.64. The molecule has 2 rings (SSSR count). The van der Waals surface area contributed by atoms with E-state index in [0.717, 1.165) is 10.0 Å². The molecule has 6 heteroatoms. The Kier molecular flexibility index (Phi) is 5.16. The molecule has 0 saturated carbocycles. The monoisotopic (exact) mass is 350 g/mol. The van der Waals surface area contributed by atoms with Gasteiger partial charge in [0.05, 0.1) is 0 Å². The van der Waals surface area contributed by atoms with Gasteiger partial charge in [0.1, 0.15) is 5.69 Å². The molecule has 0 aliphatic carbocycles. The summed E-state index contributed by atoms with van der Waals surface area (Å²) in [6.45, 7) is 1.94. The van der Waals surface area contributed by atoms with Crippen molar-refractivity contribution in [2.75, 3.05) is 0 Å². The second kappa shape index (κ2) is 7.08. The normalized spacial score (nSPS) is 11.7. The highest BCUT2D eigenvalue weighted by Gasteiger charge is 2.19. The smallest absolute Gasteiger partial charge is 0.355 e. The highest BCUT2D eigenvalue weighted by molar-refractivity contribution is 9.10. The zero-order valence-electron chi connectivity index (χ0n) is 11.4. The van der Waals surface area contributed by atoms with E-state index in [9.17, 15) is 9.59 Å². The maximum absolute atomic E-state index is 11.9. The van der Waals surface area contributed by atoms with Gasteiger partial charge in [0.25, 0.3) is 5.91 Å². The molecule has 5 nitrogen and oxygen atoms in total. The highest BCUT2D eigenvalue weighted by atomic mass is 79.9. The lowest BCUT2D eigenvalue weighted by atomic mass is 10.2. The van der Waals surface area contributed by atoms with Crippen molar-refractivity contribution >= 4 is 27.8 Å². The summed E-state index contributed by atoms with van der Waals surface area (Å²) in [6, 6.07) is 11.1. The first-order valence-corrected chi connectivity index (χ1v) is 7.22. The van der Waals surface area contributed by atoms with E-state index in [4.69, 9.17) is 4.74 Å². The fourth-order valence-corrected chi connectivity index (χ4v) is 2.04. The van der Waals surface area contributed by atoms with Crippen LogP contribution < -0.4 is 5.32 Å². The fraction of sp³-hybridized carbons (Fsp3) is 0.200. The van der Waals surface area contributed by atoms with Crippen LogP contribution in [0.1, 0.15) is 23.0 Å². The average Bonchev–Trinajstić information content (AvgIpc) is 2.92. The van der Waals surface area contributed by atoms with Gasteiger partial charge in [-0.15, -0.1) is 0 Å². The van der Waals surface area contributed by atoms with Crippen LogP contribution in [0.25, 0.3) is 0 Å². The summed E-state index contributed by atoms with van der Waals surface area (Å²) in [4.78, 5) is 26.4. The van der Waals surface area contributed by atoms with Crippen LogP contribution in [0.4, 0.5) is 0 Å². The zero-order valence-corrected chi connectivity index (χ0v) is 13.0. The minimum Gasteiger partial charge on any atom is -0.448 e. The van der Waals surface area contributed by atoms with E-state index in [1.165, 1.54) is 6.92 Å². The summed E-state index contributed by atoms with van der Waals surface area (Å²) < 4.78 is 5.84. The number of hydrogen-bond donors (Lipinski definition) is 2. The molecule has 21 heavy (non-hydrogen) atoms. The van der Waals surface area contributed by atoms with Crippen molar-refractivity contribution in [2.24, 2.45) is 0 Å². The van der Waals surface area contributed by atoms with Crippen molar-refractivity contribution < 1.29 is 14.3 Å². The lowest BCUT2D eigenvalue weighted by molar-refractivity contribution is -0.129. The second-order valence-corrected chi connectivity index (χ2v) is 5.40. The molecule has 1 aromatic carbocycles. The Morgan fingerprint density at radius 3 is 2.67 bits per heavy atom. The molecule has 0 radical (unpaired) electrons. The number of ether oxygens (including phenoxy) is 1. The minimum absolute atomic E-state index is 0.296. The van der Waals surface area contributed by atoms with Crippen LogP contribution in [0.15, 0.2) is 47.1 Å². The van der Waals surface area contributed by atoms with Crippen molar-refractivity contribution in [3.8, 4) is 0 Å². The van der Waals surface area contributed by atoms with Gasteiger partial charge in [-0.2, -0.15) is 0 Å². The summed E-state index contributed by atoms with van der Waals surface area (Å²) in [7, 11) is 0. The number of hydrogen-bond acceptors (Lipinski definition) is 3. The molecule has 2 N–H and O–H groups in total. The average molecular weight is 351 g/mol. The van der Waals surface area contributed by atoms with Crippen molar-refractivity contribution in [3.63, 3.8) is 0 Å². The number of carbonyl (C=O) groups is 2. The second-order valence-electron chi connectivity index (χ2n) is 4.48. The van der Waals surface area contributed by atoms with E-state index in [1.807, 2.05) is 30.3 Å². The minimum atomic E-state index is -0.858. The van der Waals surface area contributed by atoms with E-state index in [2.05, 4.69) is 26.2 Å². The van der Waals surface area contributed by atoms with Gasteiger partial charge in [0.15, 0.2) is 6.10 Å². The molecular weight excluding hydrogens is 336 g/mol. The molecule has 1 unspecified atom stereocenters. The van der Waals surface area contributed by atoms with E-state index >= 15 is 0 Å². The van der Waals surface area contributed by atoms with Gasteiger partial charge in [0, 0.05) is 17.2 Å². The number of amides is 1. The predicted molar refractivity (Wildman–Crippen MR) is 81.7 cm³/mol. The Hall–Kier alpha value is -2.08. The Labute approximate surface area is 130 Å². The van der Waals surface area contributed by atoms with Crippen LogP contribution in [0.2, 0.25) is 0 Å². The lowest BCUT2D eigenvalue weighted by Crippen LogP contribution is -2.35. The Balaban J connectivity index is 1.83. The van der Waals surface area contributed by atoms with Gasteiger partial charge in [-0.1, -0.05) is 30.3 Å². The first-order valence-electron chi connectivity index (χ1n) is 6.43. The molecule has 0 spiro atoms. The SMILES string of the molecule is CC(OC(=O)c1cc(Br)c[nH]1)C(=O)NCc1ccccc1. The molecule has 0 saturated heterocycles. The van der Waals surface area contributed by atoms with E-state index in [1.54, 1.807) is 12.3 Å². The summed E-state index contributed by atoms with van der Waals surface area (Å²) in [5, 5.41) is 2.73. The third-order valence-corrected chi connectivity index (χ3v) is 3.29. The van der Waals surface area contributed by atoms with Crippen LogP contribution in [-0.2, 0) is 16.1 Å². The number of aromatic amines is 1. The van der Waals surface area contributed by atoms with Gasteiger partial charge in [-0.05, 0) is 34.5 Å². The van der Waals surface area contributed by atoms with Crippen molar-refractivity contribution in [3.05, 3.63) is 58.3 Å². The summed E-state index contributed by atoms with van der Waals surface area (Å²) >= 11 is 3.23. The molecule has 2 aromatic rings. The zero-order chi connectivity index (χ0) is 15.2. The number of rotatable bonds is 5. The van der Waals surface area contributed by atoms with Crippen LogP contribution in [-0.4, -0.2) is 23.0 Å². The van der Waals surface area contributed by atoms with Crippen LogP contribution >= 0.6 is 15.9 Å². The standard InChI is InChI=1S/C15H15BrN2O3/c1-10(21-15(20)13-7-12(16)9-17-13)14(19)18-8-11-5-3-2-4-6-11/h2-7,9-10,17H,8H2,1H3,(H,18,19). The number of benzene rings is 1. The molecular formula is C15H15BrN2O3. The third-order valence-electron chi connectivity index (χ3n) is 2.83. The summed E-state index contributed by atoms with van der Waals surface area (Å²) in [6.07, 6.45) is 0.764. The van der Waals surface area contributed by atoms with E-state index < -0.39 is 12.1 Å². The Bertz CT molecular complexity index is 625. The topological polar surface area (TPSA) is 71.2 Å². The van der Waals surface area contributed by atoms with Gasteiger partial charge in [-0.3, -0.25) is 4.79 Å². The van der Waals surface area contributed by atoms with Crippen LogP contribution in [0.3, 0.4) is 0 Å². The Morgan fingerprint density at radius 2 is 2.05 bits per heavy atom. The van der Waals surface area contributed by atoms with Crippen molar-refractivity contribution in [1.82, 2.24) is 10.3 Å². The molecule has 1 aromatic heterocycles. The number of carbonyl (C=O) groups excluding carboxylic acids is 2. The first-order chi connectivity index (χ1) is 10.1. The number of H-pyrrole nitrogens is 1. The number of halogens is 1. The van der Waals surface area contributed by atoms with Gasteiger partial charge < -0.3 is 15.0 Å². The van der Waals surface area contributed by atoms with Crippen LogP contribution in [0, 0.1) is 0 Å². The van der Waals surface area contributed by atoms with E-state index in [0.29, 0.717) is 12.2 Å². The van der Waals surface area contributed by atoms with E-state index in [-0.39, 0.29) is 5.91 Å². The first kappa shape index (κ1) is 15.3. The van der Waals surface area contributed by atoms with Gasteiger partial charge in [0.2, 0.25) is 0 Å². The molecule has 110 valence electrons. The van der Waals surface area contributed by atoms with Gasteiger partial charge >= 0.3 is 5.97 Å². The molecule has 1 amide bonds. The Morgan fingerprint density at radius 1 is 1.33 bits per heavy atom. The van der Waals surface area contributed by atoms with Gasteiger partial charge in [-0.25, -0.2) is 4.79 Å². The molecule has 1 heterocycles. The van der Waals surface area contributed by atoms with Crippen molar-refractivity contribution in [2.45, 2.75) is 19.6 Å². The summed E-state index contributed by atoms with van der Waals surface area (Å²) in [5.41, 5.74) is 1.28. The summed E-state index contributed by atoms with van der Waals surface area (Å²) in [5.74, 6) is -0.902.